The number of nitrogens with one attached hydrogen (secondary N) is 2. The number of hydrogen-bond acceptors (Lipinski definition) is 4. The van der Waals surface area contributed by atoms with Crippen LogP contribution in [0.5, 0.6) is 0 Å². The molecule has 170 valence electrons. The van der Waals surface area contributed by atoms with Crippen molar-refractivity contribution in [3.63, 3.8) is 0 Å². The Kier molecular flexibility index (Phi) is 5.96. The van der Waals surface area contributed by atoms with Crippen LogP contribution in [0, 0.1) is 0 Å². The maximum absolute atomic E-state index is 13.1. The first-order valence-electron chi connectivity index (χ1n) is 10.9. The molecule has 7 nitrogen and oxygen atoms in total. The lowest BCUT2D eigenvalue weighted by atomic mass is 9.85. The van der Waals surface area contributed by atoms with E-state index in [1.54, 1.807) is 12.1 Å². The van der Waals surface area contributed by atoms with Crippen LogP contribution in [0.3, 0.4) is 0 Å². The van der Waals surface area contributed by atoms with Crippen molar-refractivity contribution in [1.82, 2.24) is 5.32 Å². The lowest BCUT2D eigenvalue weighted by Gasteiger charge is -2.25. The molecule has 8 heteroatoms. The van der Waals surface area contributed by atoms with Gasteiger partial charge in [0.05, 0.1) is 10.6 Å². The fraction of sp³-hybridized carbons (Fsp3) is 0.417. The molecule has 2 aromatic carbocycles. The number of likely N-dealkylation sites (N-methyl/N-ethyl adjacent to an activating group) is 1. The summed E-state index contributed by atoms with van der Waals surface area (Å²) < 4.78 is 16.9. The van der Waals surface area contributed by atoms with E-state index in [1.165, 1.54) is 5.56 Å². The Labute approximate surface area is 189 Å². The topological polar surface area (TPSA) is 114 Å². The van der Waals surface area contributed by atoms with Gasteiger partial charge < -0.3 is 10.6 Å². The Bertz CT molecular complexity index is 1210. The van der Waals surface area contributed by atoms with Crippen LogP contribution in [-0.4, -0.2) is 29.6 Å². The van der Waals surface area contributed by atoms with Gasteiger partial charge in [-0.1, -0.05) is 32.0 Å². The number of anilines is 1. The summed E-state index contributed by atoms with van der Waals surface area (Å²) in [5.74, 6) is 0.0262. The summed E-state index contributed by atoms with van der Waals surface area (Å²) in [5.41, 5.74) is 5.18. The summed E-state index contributed by atoms with van der Waals surface area (Å²) in [4.78, 5) is 25.5. The van der Waals surface area contributed by atoms with Crippen molar-refractivity contribution in [2.75, 3.05) is 18.9 Å². The van der Waals surface area contributed by atoms with Crippen molar-refractivity contribution in [2.45, 2.75) is 56.3 Å². The predicted octanol–water partition coefficient (Wildman–Crippen LogP) is 3.73. The van der Waals surface area contributed by atoms with E-state index in [1.807, 2.05) is 19.2 Å². The number of benzene rings is 2. The number of rotatable bonds is 5. The van der Waals surface area contributed by atoms with E-state index in [4.69, 9.17) is 5.14 Å². The first-order valence-corrected chi connectivity index (χ1v) is 12.5. The van der Waals surface area contributed by atoms with Gasteiger partial charge in [0.15, 0.2) is 5.78 Å². The van der Waals surface area contributed by atoms with Crippen LogP contribution in [0.2, 0.25) is 0 Å². The van der Waals surface area contributed by atoms with Gasteiger partial charge in [0.25, 0.3) is 0 Å². The van der Waals surface area contributed by atoms with Gasteiger partial charge in [0.1, 0.15) is 9.92 Å². The molecule has 0 heterocycles. The van der Waals surface area contributed by atoms with Crippen molar-refractivity contribution in [1.29, 1.82) is 0 Å². The van der Waals surface area contributed by atoms with Crippen molar-refractivity contribution < 1.29 is 13.8 Å². The lowest BCUT2D eigenvalue weighted by molar-refractivity contribution is 0.0995. The van der Waals surface area contributed by atoms with Crippen molar-refractivity contribution in [3.05, 3.63) is 58.1 Å². The van der Waals surface area contributed by atoms with Gasteiger partial charge >= 0.3 is 6.03 Å². The number of nitrogens with two attached hydrogens (primary N) is 1. The molecule has 0 spiro atoms. The monoisotopic (exact) mass is 454 g/mol. The number of ketones is 1. The minimum absolute atomic E-state index is 0.0262. The predicted molar refractivity (Wildman–Crippen MR) is 127 cm³/mol. The zero-order chi connectivity index (χ0) is 23.1. The molecule has 2 aromatic rings. The Morgan fingerprint density at radius 2 is 1.84 bits per heavy atom. The minimum atomic E-state index is -3.43. The molecule has 32 heavy (non-hydrogen) atoms. The molecule has 4 N–H and O–H groups in total. The first-order chi connectivity index (χ1) is 15.1. The van der Waals surface area contributed by atoms with Crippen LogP contribution < -0.4 is 15.8 Å². The van der Waals surface area contributed by atoms with Crippen LogP contribution in [0.1, 0.15) is 59.3 Å². The molecular formula is C24H30N4O3S. The highest BCUT2D eigenvalue weighted by Gasteiger charge is 2.30. The molecule has 0 radical (unpaired) electrons. The molecule has 2 aliphatic rings. The van der Waals surface area contributed by atoms with E-state index in [0.717, 1.165) is 42.5 Å². The van der Waals surface area contributed by atoms with Gasteiger partial charge in [0.2, 0.25) is 0 Å². The fourth-order valence-corrected chi connectivity index (χ4v) is 5.71. The number of nitrogens with zero attached hydrogens (tertiary/aromatic N) is 1. The van der Waals surface area contributed by atoms with Gasteiger partial charge in [-0.2, -0.15) is 0 Å². The second-order valence-corrected chi connectivity index (χ2v) is 11.0. The number of amides is 2. The van der Waals surface area contributed by atoms with Gasteiger partial charge in [-0.3, -0.25) is 4.79 Å². The summed E-state index contributed by atoms with van der Waals surface area (Å²) >= 11 is 0. The number of hydrogen-bond donors (Lipinski definition) is 3. The Hall–Kier alpha value is -2.55. The minimum Gasteiger partial charge on any atom is -0.319 e. The van der Waals surface area contributed by atoms with E-state index >= 15 is 0 Å². The highest BCUT2D eigenvalue weighted by molar-refractivity contribution is 7.91. The zero-order valence-corrected chi connectivity index (χ0v) is 19.6. The maximum Gasteiger partial charge on any atom is 0.354 e. The van der Waals surface area contributed by atoms with E-state index in [9.17, 15) is 13.8 Å². The molecule has 0 fully saturated rings. The summed E-state index contributed by atoms with van der Waals surface area (Å²) in [6.45, 7) is 4.99. The summed E-state index contributed by atoms with van der Waals surface area (Å²) in [5, 5.41) is 11.9. The number of Topliss-reactive ketones (excluding diaryl/α,β-unsaturated/α-hetero) is 1. The van der Waals surface area contributed by atoms with Crippen molar-refractivity contribution in [3.8, 4) is 0 Å². The lowest BCUT2D eigenvalue weighted by Crippen LogP contribution is -2.30. The third-order valence-corrected chi connectivity index (χ3v) is 7.81. The van der Waals surface area contributed by atoms with Gasteiger partial charge in [-0.15, -0.1) is 4.36 Å². The number of aryl methyl sites for hydroxylation is 2. The second kappa shape index (κ2) is 8.42. The molecule has 0 aliphatic heterocycles. The summed E-state index contributed by atoms with van der Waals surface area (Å²) in [6, 6.07) is 8.35. The SMILES string of the molecule is CNCC(C)(C)c1ccc(S(N)(=O)=NC(=O)Nc2c3c(cc4c2C(=O)CC4)CCC3)cc1. The zero-order valence-electron chi connectivity index (χ0n) is 18.8. The molecule has 0 bridgehead atoms. The largest absolute Gasteiger partial charge is 0.354 e. The highest BCUT2D eigenvalue weighted by atomic mass is 32.2. The molecule has 2 amide bonds. The first kappa shape index (κ1) is 22.6. The highest BCUT2D eigenvalue weighted by Crippen LogP contribution is 2.38. The Morgan fingerprint density at radius 3 is 2.53 bits per heavy atom. The standard InChI is InChI=1S/C24H30N4O3S/c1-24(2,14-26-3)17-8-10-18(11-9-17)32(25,31)28-23(30)27-22-19-6-4-5-15(19)13-16-7-12-20(29)21(16)22/h8-11,13,26H,4-7,12,14H2,1-3H3,(H3,25,27,28,30,31). The molecule has 0 saturated carbocycles. The Balaban J connectivity index is 1.62. The van der Waals surface area contributed by atoms with Gasteiger partial charge in [-0.25, -0.2) is 14.1 Å². The van der Waals surface area contributed by atoms with Gasteiger partial charge in [-0.05, 0) is 67.1 Å². The summed E-state index contributed by atoms with van der Waals surface area (Å²) in [6.07, 6.45) is 3.85. The molecule has 0 saturated heterocycles. The molecule has 0 aromatic heterocycles. The van der Waals surface area contributed by atoms with Crippen LogP contribution in [0.15, 0.2) is 39.6 Å². The van der Waals surface area contributed by atoms with Gasteiger partial charge in [0, 0.05) is 23.9 Å². The molecule has 2 aliphatic carbocycles. The normalized spacial score (nSPS) is 16.9. The fourth-order valence-electron chi connectivity index (χ4n) is 4.78. The number of fused-ring (bicyclic) bond motifs is 2. The average Bonchev–Trinajstić information content (AvgIpc) is 3.34. The van der Waals surface area contributed by atoms with E-state index in [2.05, 4.69) is 34.9 Å². The Morgan fingerprint density at radius 1 is 1.12 bits per heavy atom. The maximum atomic E-state index is 13.1. The van der Waals surface area contributed by atoms with E-state index < -0.39 is 15.9 Å². The molecule has 4 rings (SSSR count). The third kappa shape index (κ3) is 4.22. The number of carbonyl (C=O) groups is 2. The average molecular weight is 455 g/mol. The van der Waals surface area contributed by atoms with Crippen LogP contribution in [0.25, 0.3) is 0 Å². The second-order valence-electron chi connectivity index (χ2n) is 9.23. The van der Waals surface area contributed by atoms with Crippen LogP contribution in [0.4, 0.5) is 10.5 Å². The molecule has 1 unspecified atom stereocenters. The van der Waals surface area contributed by atoms with Crippen LogP contribution >= 0.6 is 0 Å². The smallest absolute Gasteiger partial charge is 0.319 e. The number of urea groups is 1. The number of carbonyl (C=O) groups excluding carboxylic acids is 2. The van der Waals surface area contributed by atoms with Crippen molar-refractivity contribution in [2.24, 2.45) is 9.50 Å². The third-order valence-electron chi connectivity index (χ3n) is 6.42. The molecule has 1 atom stereocenters. The van der Waals surface area contributed by atoms with E-state index in [0.29, 0.717) is 24.1 Å². The summed E-state index contributed by atoms with van der Waals surface area (Å²) in [7, 11) is -1.54. The van der Waals surface area contributed by atoms with E-state index in [-0.39, 0.29) is 16.1 Å². The molecular weight excluding hydrogens is 424 g/mol. The quantitative estimate of drug-likeness (QED) is 0.639. The van der Waals surface area contributed by atoms with Crippen LogP contribution in [-0.2, 0) is 34.6 Å². The van der Waals surface area contributed by atoms with Crippen molar-refractivity contribution >= 4 is 27.4 Å².